The SMILES string of the molecule is CC(C)(C)c1ccc(COc2cc(Cc3cc(C=O)nc(C=O)c3)cc(OCc3ccc(C(C)(C)C)cc3)c2)cc1. The van der Waals surface area contributed by atoms with Crippen molar-refractivity contribution >= 4 is 12.6 Å². The summed E-state index contributed by atoms with van der Waals surface area (Å²) < 4.78 is 12.5. The molecule has 1 heterocycles. The first-order chi connectivity index (χ1) is 19.4. The van der Waals surface area contributed by atoms with E-state index in [1.165, 1.54) is 11.1 Å². The smallest absolute Gasteiger partial charge is 0.168 e. The molecule has 41 heavy (non-hydrogen) atoms. The Balaban J connectivity index is 1.56. The Kier molecular flexibility index (Phi) is 9.07. The van der Waals surface area contributed by atoms with E-state index >= 15 is 0 Å². The molecule has 212 valence electrons. The van der Waals surface area contributed by atoms with Gasteiger partial charge in [-0.2, -0.15) is 0 Å². The molecule has 0 N–H and O–H groups in total. The molecule has 4 rings (SSSR count). The Morgan fingerprint density at radius 1 is 0.561 bits per heavy atom. The highest BCUT2D eigenvalue weighted by Gasteiger charge is 2.14. The van der Waals surface area contributed by atoms with Gasteiger partial charge in [-0.05, 0) is 74.9 Å². The van der Waals surface area contributed by atoms with Crippen molar-refractivity contribution in [2.24, 2.45) is 0 Å². The van der Waals surface area contributed by atoms with Crippen LogP contribution in [0.25, 0.3) is 0 Å². The molecule has 0 spiro atoms. The first-order valence-electron chi connectivity index (χ1n) is 13.9. The Labute approximate surface area is 243 Å². The van der Waals surface area contributed by atoms with Gasteiger partial charge in [-0.25, -0.2) is 4.98 Å². The summed E-state index contributed by atoms with van der Waals surface area (Å²) in [5.41, 5.74) is 7.08. The summed E-state index contributed by atoms with van der Waals surface area (Å²) >= 11 is 0. The summed E-state index contributed by atoms with van der Waals surface area (Å²) in [7, 11) is 0. The molecule has 0 aliphatic carbocycles. The van der Waals surface area contributed by atoms with Gasteiger partial charge in [-0.15, -0.1) is 0 Å². The zero-order valence-corrected chi connectivity index (χ0v) is 24.9. The number of carbonyl (C=O) groups excluding carboxylic acids is 2. The van der Waals surface area contributed by atoms with Gasteiger partial charge in [0, 0.05) is 6.07 Å². The molecular weight excluding hydrogens is 510 g/mol. The zero-order valence-electron chi connectivity index (χ0n) is 24.9. The van der Waals surface area contributed by atoms with Gasteiger partial charge in [0.25, 0.3) is 0 Å². The number of nitrogens with zero attached hydrogens (tertiary/aromatic N) is 1. The van der Waals surface area contributed by atoms with Crippen LogP contribution in [0.1, 0.15) is 95.9 Å². The largest absolute Gasteiger partial charge is 0.489 e. The summed E-state index contributed by atoms with van der Waals surface area (Å²) in [5.74, 6) is 1.36. The molecule has 3 aromatic carbocycles. The van der Waals surface area contributed by atoms with Crippen molar-refractivity contribution in [1.29, 1.82) is 0 Å². The van der Waals surface area contributed by atoms with Gasteiger partial charge in [0.1, 0.15) is 36.1 Å². The Hall–Kier alpha value is -4.25. The average Bonchev–Trinajstić information content (AvgIpc) is 2.94. The monoisotopic (exact) mass is 549 g/mol. The van der Waals surface area contributed by atoms with Crippen LogP contribution in [-0.2, 0) is 30.5 Å². The van der Waals surface area contributed by atoms with E-state index in [2.05, 4.69) is 95.1 Å². The summed E-state index contributed by atoms with van der Waals surface area (Å²) in [5, 5.41) is 0. The van der Waals surface area contributed by atoms with Gasteiger partial charge in [0.15, 0.2) is 12.6 Å². The van der Waals surface area contributed by atoms with Crippen molar-refractivity contribution in [2.75, 3.05) is 0 Å². The average molecular weight is 550 g/mol. The maximum Gasteiger partial charge on any atom is 0.168 e. The molecule has 0 bridgehead atoms. The van der Waals surface area contributed by atoms with Gasteiger partial charge >= 0.3 is 0 Å². The summed E-state index contributed by atoms with van der Waals surface area (Å²) in [4.78, 5) is 26.8. The van der Waals surface area contributed by atoms with Crippen molar-refractivity contribution in [3.63, 3.8) is 0 Å². The lowest BCUT2D eigenvalue weighted by Gasteiger charge is -2.19. The Morgan fingerprint density at radius 3 is 1.32 bits per heavy atom. The molecule has 0 saturated heterocycles. The fourth-order valence-electron chi connectivity index (χ4n) is 4.53. The first kappa shape index (κ1) is 29.7. The Bertz CT molecular complexity index is 1390. The fourth-order valence-corrected chi connectivity index (χ4v) is 4.53. The lowest BCUT2D eigenvalue weighted by Crippen LogP contribution is -2.11. The predicted molar refractivity (Wildman–Crippen MR) is 163 cm³/mol. The van der Waals surface area contributed by atoms with E-state index in [-0.39, 0.29) is 22.2 Å². The molecule has 0 unspecified atom stereocenters. The second-order valence-electron chi connectivity index (χ2n) is 12.5. The minimum atomic E-state index is 0.0907. The third kappa shape index (κ3) is 8.37. The van der Waals surface area contributed by atoms with E-state index in [4.69, 9.17) is 9.47 Å². The van der Waals surface area contributed by atoms with Crippen molar-refractivity contribution in [3.8, 4) is 11.5 Å². The van der Waals surface area contributed by atoms with E-state index in [1.807, 2.05) is 18.2 Å². The second kappa shape index (κ2) is 12.5. The summed E-state index contributed by atoms with van der Waals surface area (Å²) in [6.45, 7) is 14.0. The van der Waals surface area contributed by atoms with Crippen LogP contribution in [0.2, 0.25) is 0 Å². The molecule has 0 saturated carbocycles. The molecule has 0 fully saturated rings. The third-order valence-corrected chi connectivity index (χ3v) is 6.97. The van der Waals surface area contributed by atoms with E-state index in [9.17, 15) is 9.59 Å². The van der Waals surface area contributed by atoms with Crippen molar-refractivity contribution < 1.29 is 19.1 Å². The van der Waals surface area contributed by atoms with Crippen LogP contribution in [0.15, 0.2) is 78.9 Å². The number of aldehydes is 2. The van der Waals surface area contributed by atoms with Crippen LogP contribution >= 0.6 is 0 Å². The number of rotatable bonds is 10. The standard InChI is InChI=1S/C36H39NO4/c1-35(2,3)29-11-7-25(8-12-29)23-40-33-18-28(15-27-16-31(21-38)37-32(17-27)22-39)19-34(20-33)41-24-26-9-13-30(14-10-26)36(4,5)6/h7-14,16-22H,15,23-24H2,1-6H3. The van der Waals surface area contributed by atoms with E-state index in [0.29, 0.717) is 43.7 Å². The summed E-state index contributed by atoms with van der Waals surface area (Å²) in [6, 6.07) is 26.2. The topological polar surface area (TPSA) is 65.5 Å². The van der Waals surface area contributed by atoms with Crippen LogP contribution in [0.5, 0.6) is 11.5 Å². The van der Waals surface area contributed by atoms with Gasteiger partial charge in [-0.1, -0.05) is 90.1 Å². The van der Waals surface area contributed by atoms with Crippen LogP contribution in [0.4, 0.5) is 0 Å². The highest BCUT2D eigenvalue weighted by atomic mass is 16.5. The van der Waals surface area contributed by atoms with Crippen molar-refractivity contribution in [1.82, 2.24) is 4.98 Å². The molecule has 0 aliphatic heterocycles. The molecule has 0 aliphatic rings. The molecule has 5 heteroatoms. The van der Waals surface area contributed by atoms with Crippen LogP contribution in [-0.4, -0.2) is 17.6 Å². The van der Waals surface area contributed by atoms with Gasteiger partial charge in [0.05, 0.1) is 0 Å². The molecule has 5 nitrogen and oxygen atoms in total. The molecule has 0 amide bonds. The normalized spacial score (nSPS) is 11.7. The minimum absolute atomic E-state index is 0.0907. The van der Waals surface area contributed by atoms with Gasteiger partial charge in [0.2, 0.25) is 0 Å². The Morgan fingerprint density at radius 2 is 0.951 bits per heavy atom. The third-order valence-electron chi connectivity index (χ3n) is 6.97. The van der Waals surface area contributed by atoms with E-state index < -0.39 is 0 Å². The number of benzene rings is 3. The maximum atomic E-state index is 11.4. The maximum absolute atomic E-state index is 11.4. The van der Waals surface area contributed by atoms with Gasteiger partial charge < -0.3 is 9.47 Å². The lowest BCUT2D eigenvalue weighted by atomic mass is 9.87. The predicted octanol–water partition coefficient (Wildman–Crippen LogP) is 8.05. The second-order valence-corrected chi connectivity index (χ2v) is 12.5. The quantitative estimate of drug-likeness (QED) is 0.187. The number of carbonyl (C=O) groups is 2. The number of hydrogen-bond acceptors (Lipinski definition) is 5. The summed E-state index contributed by atoms with van der Waals surface area (Å²) in [6.07, 6.45) is 1.79. The number of pyridine rings is 1. The van der Waals surface area contributed by atoms with Crippen molar-refractivity contribution in [2.45, 2.75) is 72.0 Å². The highest BCUT2D eigenvalue weighted by Crippen LogP contribution is 2.28. The van der Waals surface area contributed by atoms with Gasteiger partial charge in [-0.3, -0.25) is 9.59 Å². The molecule has 1 aromatic heterocycles. The fraction of sp³-hybridized carbons (Fsp3) is 0.306. The molecule has 4 aromatic rings. The number of aromatic nitrogens is 1. The molecule has 0 atom stereocenters. The van der Waals surface area contributed by atoms with Crippen LogP contribution < -0.4 is 9.47 Å². The number of hydrogen-bond donors (Lipinski definition) is 0. The first-order valence-corrected chi connectivity index (χ1v) is 13.9. The molecular formula is C36H39NO4. The van der Waals surface area contributed by atoms with E-state index in [0.717, 1.165) is 22.3 Å². The van der Waals surface area contributed by atoms with Crippen LogP contribution in [0.3, 0.4) is 0 Å². The molecule has 0 radical (unpaired) electrons. The zero-order chi connectivity index (χ0) is 29.6. The highest BCUT2D eigenvalue weighted by molar-refractivity contribution is 5.77. The van der Waals surface area contributed by atoms with E-state index in [1.54, 1.807) is 12.1 Å². The minimum Gasteiger partial charge on any atom is -0.489 e. The number of ether oxygens (including phenoxy) is 2. The van der Waals surface area contributed by atoms with Crippen LogP contribution in [0, 0.1) is 0 Å². The van der Waals surface area contributed by atoms with Crippen molar-refractivity contribution in [3.05, 3.63) is 124 Å². The lowest BCUT2D eigenvalue weighted by molar-refractivity contribution is 0.111.